The first-order valence-electron chi connectivity index (χ1n) is 7.44. The lowest BCUT2D eigenvalue weighted by Crippen LogP contribution is -2.54. The molecule has 0 radical (unpaired) electrons. The van der Waals surface area contributed by atoms with E-state index in [9.17, 15) is 4.79 Å². The van der Waals surface area contributed by atoms with Crippen LogP contribution < -0.4 is 5.32 Å². The summed E-state index contributed by atoms with van der Waals surface area (Å²) in [4.78, 5) is 12.4. The summed E-state index contributed by atoms with van der Waals surface area (Å²) in [5.41, 5.74) is -0.126. The van der Waals surface area contributed by atoms with Crippen LogP contribution in [0.1, 0.15) is 58.8 Å². The molecule has 2 nitrogen and oxygen atoms in total. The molecule has 0 spiro atoms. The lowest BCUT2D eigenvalue weighted by molar-refractivity contribution is -0.128. The minimum Gasteiger partial charge on any atom is -0.349 e. The Hall–Kier alpha value is -0.240. The van der Waals surface area contributed by atoms with E-state index < -0.39 is 0 Å². The number of hydrogen-bond donors (Lipinski definition) is 1. The Kier molecular flexibility index (Phi) is 4.58. The van der Waals surface area contributed by atoms with E-state index in [1.807, 2.05) is 0 Å². The maximum absolute atomic E-state index is 12.4. The zero-order valence-electron chi connectivity index (χ0n) is 11.7. The molecular weight excluding hydrogens is 246 g/mol. The zero-order valence-corrected chi connectivity index (χ0v) is 12.4. The third kappa shape index (κ3) is 3.01. The molecule has 0 aliphatic heterocycles. The summed E-state index contributed by atoms with van der Waals surface area (Å²) in [6, 6.07) is 0. The van der Waals surface area contributed by atoms with E-state index in [4.69, 9.17) is 11.6 Å². The van der Waals surface area contributed by atoms with Gasteiger partial charge >= 0.3 is 0 Å². The number of hydrogen-bond acceptors (Lipinski definition) is 1. The molecule has 0 heterocycles. The van der Waals surface area contributed by atoms with Crippen molar-refractivity contribution in [2.24, 2.45) is 17.8 Å². The Morgan fingerprint density at radius 2 is 2.06 bits per heavy atom. The highest BCUT2D eigenvalue weighted by molar-refractivity contribution is 6.18. The van der Waals surface area contributed by atoms with Gasteiger partial charge < -0.3 is 5.32 Å². The minimum absolute atomic E-state index is 0.126. The fourth-order valence-electron chi connectivity index (χ4n) is 3.82. The Labute approximate surface area is 116 Å². The standard InChI is InChI=1S/C15H26ClNO/c1-11-5-4-8-15(9-11,10-16)17-14(18)13-7-3-6-12(13)2/h11-13H,3-10H2,1-2H3,(H,17,18). The Morgan fingerprint density at radius 3 is 2.61 bits per heavy atom. The van der Waals surface area contributed by atoms with Gasteiger partial charge in [0.05, 0.1) is 5.54 Å². The molecule has 104 valence electrons. The van der Waals surface area contributed by atoms with Crippen LogP contribution in [-0.4, -0.2) is 17.3 Å². The molecule has 2 aliphatic rings. The third-order valence-corrected chi connectivity index (χ3v) is 5.45. The molecule has 0 aromatic rings. The third-order valence-electron chi connectivity index (χ3n) is 4.93. The molecule has 4 unspecified atom stereocenters. The van der Waals surface area contributed by atoms with Crippen molar-refractivity contribution in [3.05, 3.63) is 0 Å². The lowest BCUT2D eigenvalue weighted by Gasteiger charge is -2.40. The second kappa shape index (κ2) is 5.81. The molecule has 2 rings (SSSR count). The number of nitrogens with one attached hydrogen (secondary N) is 1. The summed E-state index contributed by atoms with van der Waals surface area (Å²) in [5, 5.41) is 3.31. The molecule has 18 heavy (non-hydrogen) atoms. The second-order valence-corrected chi connectivity index (χ2v) is 6.89. The Bertz CT molecular complexity index is 307. The fourth-order valence-corrected chi connectivity index (χ4v) is 4.13. The number of alkyl halides is 1. The monoisotopic (exact) mass is 271 g/mol. The van der Waals surface area contributed by atoms with E-state index >= 15 is 0 Å². The zero-order chi connectivity index (χ0) is 13.2. The van der Waals surface area contributed by atoms with Crippen LogP contribution in [0.25, 0.3) is 0 Å². The second-order valence-electron chi connectivity index (χ2n) is 6.62. The van der Waals surface area contributed by atoms with Gasteiger partial charge in [-0.3, -0.25) is 4.79 Å². The van der Waals surface area contributed by atoms with Crippen LogP contribution in [0.15, 0.2) is 0 Å². The first-order valence-corrected chi connectivity index (χ1v) is 7.98. The molecule has 0 bridgehead atoms. The van der Waals surface area contributed by atoms with Gasteiger partial charge in [-0.1, -0.05) is 33.1 Å². The van der Waals surface area contributed by atoms with Crippen LogP contribution in [0.4, 0.5) is 0 Å². The first kappa shape index (κ1) is 14.2. The summed E-state index contributed by atoms with van der Waals surface area (Å²) in [7, 11) is 0. The molecule has 2 saturated carbocycles. The van der Waals surface area contributed by atoms with Crippen molar-refractivity contribution in [1.29, 1.82) is 0 Å². The van der Waals surface area contributed by atoms with Gasteiger partial charge in [0.15, 0.2) is 0 Å². The molecule has 2 fully saturated rings. The summed E-state index contributed by atoms with van der Waals surface area (Å²) >= 11 is 6.17. The lowest BCUT2D eigenvalue weighted by atomic mass is 9.77. The van der Waals surface area contributed by atoms with E-state index in [2.05, 4.69) is 19.2 Å². The van der Waals surface area contributed by atoms with Gasteiger partial charge in [-0.25, -0.2) is 0 Å². The molecule has 1 amide bonds. The van der Waals surface area contributed by atoms with Crippen LogP contribution in [0, 0.1) is 17.8 Å². The summed E-state index contributed by atoms with van der Waals surface area (Å²) in [5.74, 6) is 2.26. The van der Waals surface area contributed by atoms with Gasteiger partial charge in [-0.15, -0.1) is 11.6 Å². The van der Waals surface area contributed by atoms with E-state index in [-0.39, 0.29) is 17.4 Å². The van der Waals surface area contributed by atoms with Crippen LogP contribution in [-0.2, 0) is 4.79 Å². The molecule has 3 heteroatoms. The number of halogens is 1. The topological polar surface area (TPSA) is 29.1 Å². The predicted molar refractivity (Wildman–Crippen MR) is 75.7 cm³/mol. The molecule has 0 saturated heterocycles. The number of carbonyl (C=O) groups is 1. The minimum atomic E-state index is -0.126. The number of carbonyl (C=O) groups excluding carboxylic acids is 1. The van der Waals surface area contributed by atoms with Gasteiger partial charge in [-0.2, -0.15) is 0 Å². The molecule has 4 atom stereocenters. The van der Waals surface area contributed by atoms with Gasteiger partial charge in [-0.05, 0) is 37.5 Å². The number of rotatable bonds is 3. The van der Waals surface area contributed by atoms with E-state index in [0.717, 1.165) is 19.3 Å². The number of amides is 1. The largest absolute Gasteiger partial charge is 0.349 e. The Morgan fingerprint density at radius 1 is 1.28 bits per heavy atom. The van der Waals surface area contributed by atoms with E-state index in [0.29, 0.717) is 17.7 Å². The smallest absolute Gasteiger partial charge is 0.223 e. The van der Waals surface area contributed by atoms with Crippen LogP contribution >= 0.6 is 11.6 Å². The SMILES string of the molecule is CC1CCCC(CCl)(NC(=O)C2CCCC2C)C1. The van der Waals surface area contributed by atoms with Crippen molar-refractivity contribution in [1.82, 2.24) is 5.32 Å². The highest BCUT2D eigenvalue weighted by Gasteiger charge is 2.38. The van der Waals surface area contributed by atoms with Gasteiger partial charge in [0.1, 0.15) is 0 Å². The van der Waals surface area contributed by atoms with Crippen molar-refractivity contribution in [3.63, 3.8) is 0 Å². The molecule has 0 aromatic heterocycles. The summed E-state index contributed by atoms with van der Waals surface area (Å²) in [6.45, 7) is 4.47. The molecule has 1 N–H and O–H groups in total. The highest BCUT2D eigenvalue weighted by atomic mass is 35.5. The van der Waals surface area contributed by atoms with Crippen molar-refractivity contribution in [3.8, 4) is 0 Å². The van der Waals surface area contributed by atoms with Crippen molar-refractivity contribution < 1.29 is 4.79 Å². The van der Waals surface area contributed by atoms with Gasteiger partial charge in [0, 0.05) is 11.8 Å². The van der Waals surface area contributed by atoms with E-state index in [1.54, 1.807) is 0 Å². The van der Waals surface area contributed by atoms with Crippen LogP contribution in [0.3, 0.4) is 0 Å². The average molecular weight is 272 g/mol. The van der Waals surface area contributed by atoms with Crippen LogP contribution in [0.5, 0.6) is 0 Å². The molecule has 2 aliphatic carbocycles. The predicted octanol–water partition coefficient (Wildman–Crippen LogP) is 3.73. The first-order chi connectivity index (χ1) is 8.56. The molecule has 0 aromatic carbocycles. The maximum atomic E-state index is 12.4. The van der Waals surface area contributed by atoms with Crippen molar-refractivity contribution in [2.75, 3.05) is 5.88 Å². The fraction of sp³-hybridized carbons (Fsp3) is 0.933. The van der Waals surface area contributed by atoms with Gasteiger partial charge in [0.2, 0.25) is 5.91 Å². The van der Waals surface area contributed by atoms with Crippen LogP contribution in [0.2, 0.25) is 0 Å². The van der Waals surface area contributed by atoms with E-state index in [1.165, 1.54) is 25.7 Å². The van der Waals surface area contributed by atoms with Crippen molar-refractivity contribution >= 4 is 17.5 Å². The Balaban J connectivity index is 1.99. The maximum Gasteiger partial charge on any atom is 0.223 e. The summed E-state index contributed by atoms with van der Waals surface area (Å²) in [6.07, 6.45) is 8.01. The highest BCUT2D eigenvalue weighted by Crippen LogP contribution is 2.36. The van der Waals surface area contributed by atoms with Gasteiger partial charge in [0.25, 0.3) is 0 Å². The average Bonchev–Trinajstić information content (AvgIpc) is 2.75. The van der Waals surface area contributed by atoms with Crippen molar-refractivity contribution in [2.45, 2.75) is 64.3 Å². The summed E-state index contributed by atoms with van der Waals surface area (Å²) < 4.78 is 0. The molecular formula is C15H26ClNO. The normalized spacial score (nSPS) is 40.7. The quantitative estimate of drug-likeness (QED) is 0.779.